The van der Waals surface area contributed by atoms with E-state index >= 15 is 0 Å². The molecule has 2 aromatic carbocycles. The quantitative estimate of drug-likeness (QED) is 0.917. The van der Waals surface area contributed by atoms with Crippen LogP contribution < -0.4 is 5.32 Å². The van der Waals surface area contributed by atoms with Crippen LogP contribution in [0.15, 0.2) is 46.9 Å². The van der Waals surface area contributed by atoms with Crippen molar-refractivity contribution in [3.05, 3.63) is 63.9 Å². The zero-order chi connectivity index (χ0) is 13.8. The highest BCUT2D eigenvalue weighted by molar-refractivity contribution is 9.10. The molecule has 1 N–H and O–H groups in total. The van der Waals surface area contributed by atoms with Gasteiger partial charge >= 0.3 is 0 Å². The average Bonchev–Trinajstić information content (AvgIpc) is 2.39. The average molecular weight is 319 g/mol. The van der Waals surface area contributed by atoms with Crippen LogP contribution in [0.25, 0.3) is 0 Å². The lowest BCUT2D eigenvalue weighted by Gasteiger charge is -2.07. The second kappa shape index (κ2) is 5.63. The minimum absolute atomic E-state index is 0.324. The smallest absolute Gasteiger partial charge is 0.255 e. The van der Waals surface area contributed by atoms with Gasteiger partial charge < -0.3 is 5.32 Å². The lowest BCUT2D eigenvalue weighted by Crippen LogP contribution is -2.12. The number of amides is 1. The van der Waals surface area contributed by atoms with Gasteiger partial charge in [0.05, 0.1) is 11.3 Å². The van der Waals surface area contributed by atoms with Crippen molar-refractivity contribution in [2.75, 3.05) is 5.32 Å². The fourth-order valence-corrected chi connectivity index (χ4v) is 1.87. The van der Waals surface area contributed by atoms with E-state index in [-0.39, 0.29) is 0 Å². The molecule has 0 aliphatic rings. The number of nitrogens with zero attached hydrogens (tertiary/aromatic N) is 1. The maximum atomic E-state index is 12.8. The molecule has 2 rings (SSSR count). The first-order valence-corrected chi connectivity index (χ1v) is 6.16. The Kier molecular flexibility index (Phi) is 3.93. The van der Waals surface area contributed by atoms with E-state index < -0.39 is 11.7 Å². The number of nitriles is 1. The first kappa shape index (κ1) is 13.2. The van der Waals surface area contributed by atoms with E-state index in [0.29, 0.717) is 16.8 Å². The summed E-state index contributed by atoms with van der Waals surface area (Å²) in [6.07, 6.45) is 0. The summed E-state index contributed by atoms with van der Waals surface area (Å²) in [5.74, 6) is -0.800. The Balaban J connectivity index is 2.26. The maximum absolute atomic E-state index is 12.8. The molecule has 0 radical (unpaired) electrons. The number of nitrogens with one attached hydrogen (secondary N) is 1. The van der Waals surface area contributed by atoms with E-state index in [1.165, 1.54) is 24.3 Å². The Morgan fingerprint density at radius 2 is 1.89 bits per heavy atom. The SMILES string of the molecule is N#Cc1ccc(Br)cc1NC(=O)c1ccc(F)cc1. The standard InChI is InChI=1S/C14H8BrFN2O/c15-11-4-1-10(8-17)13(7-11)18-14(19)9-2-5-12(16)6-3-9/h1-7H,(H,18,19). The number of rotatable bonds is 2. The Labute approximate surface area is 117 Å². The number of benzene rings is 2. The Morgan fingerprint density at radius 3 is 2.53 bits per heavy atom. The third-order valence-electron chi connectivity index (χ3n) is 2.46. The van der Waals surface area contributed by atoms with Crippen molar-refractivity contribution in [3.63, 3.8) is 0 Å². The molecule has 1 amide bonds. The second-order valence-corrected chi connectivity index (χ2v) is 4.68. The molecule has 0 aliphatic carbocycles. The molecule has 3 nitrogen and oxygen atoms in total. The van der Waals surface area contributed by atoms with E-state index in [4.69, 9.17) is 5.26 Å². The molecule has 0 fully saturated rings. The number of carbonyl (C=O) groups is 1. The van der Waals surface area contributed by atoms with Gasteiger partial charge in [-0.15, -0.1) is 0 Å². The molecule has 94 valence electrons. The molecule has 0 spiro atoms. The maximum Gasteiger partial charge on any atom is 0.255 e. The fourth-order valence-electron chi connectivity index (χ4n) is 1.51. The number of carbonyl (C=O) groups excluding carboxylic acids is 1. The molecule has 0 heterocycles. The molecule has 0 atom stereocenters. The van der Waals surface area contributed by atoms with Gasteiger partial charge in [0.15, 0.2) is 0 Å². The highest BCUT2D eigenvalue weighted by Gasteiger charge is 2.09. The zero-order valence-corrected chi connectivity index (χ0v) is 11.2. The lowest BCUT2D eigenvalue weighted by atomic mass is 10.1. The molecule has 0 saturated heterocycles. The van der Waals surface area contributed by atoms with Crippen molar-refractivity contribution in [3.8, 4) is 6.07 Å². The van der Waals surface area contributed by atoms with Crippen LogP contribution in [0.3, 0.4) is 0 Å². The first-order chi connectivity index (χ1) is 9.10. The van der Waals surface area contributed by atoms with E-state index in [2.05, 4.69) is 21.2 Å². The van der Waals surface area contributed by atoms with Crippen LogP contribution in [-0.4, -0.2) is 5.91 Å². The Hall–Kier alpha value is -2.19. The summed E-state index contributed by atoms with van der Waals surface area (Å²) in [7, 11) is 0. The van der Waals surface area contributed by atoms with Crippen molar-refractivity contribution in [1.82, 2.24) is 0 Å². The molecular weight excluding hydrogens is 311 g/mol. The molecule has 0 aromatic heterocycles. The summed E-state index contributed by atoms with van der Waals surface area (Å²) in [5, 5.41) is 11.6. The second-order valence-electron chi connectivity index (χ2n) is 3.76. The van der Waals surface area contributed by atoms with Crippen molar-refractivity contribution in [2.24, 2.45) is 0 Å². The topological polar surface area (TPSA) is 52.9 Å². The molecular formula is C14H8BrFN2O. The summed E-state index contributed by atoms with van der Waals surface area (Å²) in [6.45, 7) is 0. The van der Waals surface area contributed by atoms with Gasteiger partial charge in [-0.1, -0.05) is 15.9 Å². The van der Waals surface area contributed by atoms with E-state index in [9.17, 15) is 9.18 Å². The third kappa shape index (κ3) is 3.18. The monoisotopic (exact) mass is 318 g/mol. The van der Waals surface area contributed by atoms with Crippen molar-refractivity contribution in [1.29, 1.82) is 5.26 Å². The number of halogens is 2. The van der Waals surface area contributed by atoms with E-state index in [1.54, 1.807) is 18.2 Å². The fraction of sp³-hybridized carbons (Fsp3) is 0. The van der Waals surface area contributed by atoms with Crippen LogP contribution in [0.5, 0.6) is 0 Å². The van der Waals surface area contributed by atoms with Crippen LogP contribution >= 0.6 is 15.9 Å². The number of hydrogen-bond acceptors (Lipinski definition) is 2. The molecule has 0 saturated carbocycles. The van der Waals surface area contributed by atoms with Gasteiger partial charge in [-0.25, -0.2) is 4.39 Å². The molecule has 0 bridgehead atoms. The van der Waals surface area contributed by atoms with Gasteiger partial charge in [0, 0.05) is 10.0 Å². The predicted octanol–water partition coefficient (Wildman–Crippen LogP) is 3.71. The van der Waals surface area contributed by atoms with Gasteiger partial charge in [-0.2, -0.15) is 5.26 Å². The molecule has 0 aliphatic heterocycles. The van der Waals surface area contributed by atoms with E-state index in [1.807, 2.05) is 6.07 Å². The van der Waals surface area contributed by atoms with Crippen molar-refractivity contribution >= 4 is 27.5 Å². The van der Waals surface area contributed by atoms with Gasteiger partial charge in [0.2, 0.25) is 0 Å². The third-order valence-corrected chi connectivity index (χ3v) is 2.95. The van der Waals surface area contributed by atoms with Gasteiger partial charge in [-0.3, -0.25) is 4.79 Å². The van der Waals surface area contributed by atoms with Gasteiger partial charge in [0.1, 0.15) is 11.9 Å². The minimum atomic E-state index is -0.406. The van der Waals surface area contributed by atoms with Crippen LogP contribution in [0.1, 0.15) is 15.9 Å². The van der Waals surface area contributed by atoms with Crippen LogP contribution in [-0.2, 0) is 0 Å². The summed E-state index contributed by atoms with van der Waals surface area (Å²) < 4.78 is 13.5. The lowest BCUT2D eigenvalue weighted by molar-refractivity contribution is 0.102. The van der Waals surface area contributed by atoms with Gasteiger partial charge in [-0.05, 0) is 42.5 Å². The molecule has 19 heavy (non-hydrogen) atoms. The molecule has 5 heteroatoms. The van der Waals surface area contributed by atoms with Gasteiger partial charge in [0.25, 0.3) is 5.91 Å². The van der Waals surface area contributed by atoms with Crippen molar-refractivity contribution < 1.29 is 9.18 Å². The largest absolute Gasteiger partial charge is 0.321 e. The Morgan fingerprint density at radius 1 is 1.21 bits per heavy atom. The normalized spacial score (nSPS) is 9.74. The molecule has 0 unspecified atom stereocenters. The van der Waals surface area contributed by atoms with Crippen LogP contribution in [0.2, 0.25) is 0 Å². The summed E-state index contributed by atoms with van der Waals surface area (Å²) in [6, 6.07) is 12.1. The number of hydrogen-bond donors (Lipinski definition) is 1. The predicted molar refractivity (Wildman–Crippen MR) is 73.2 cm³/mol. The first-order valence-electron chi connectivity index (χ1n) is 5.37. The Bertz CT molecular complexity index is 662. The molecule has 2 aromatic rings. The minimum Gasteiger partial charge on any atom is -0.321 e. The highest BCUT2D eigenvalue weighted by atomic mass is 79.9. The highest BCUT2D eigenvalue weighted by Crippen LogP contribution is 2.21. The zero-order valence-electron chi connectivity index (χ0n) is 9.65. The van der Waals surface area contributed by atoms with Crippen LogP contribution in [0, 0.1) is 17.1 Å². The van der Waals surface area contributed by atoms with E-state index in [0.717, 1.165) is 4.47 Å². The summed E-state index contributed by atoms with van der Waals surface area (Å²) >= 11 is 3.27. The van der Waals surface area contributed by atoms with Crippen LogP contribution in [0.4, 0.5) is 10.1 Å². The van der Waals surface area contributed by atoms with Crippen molar-refractivity contribution in [2.45, 2.75) is 0 Å². The summed E-state index contributed by atoms with van der Waals surface area (Å²) in [4.78, 5) is 11.9. The summed E-state index contributed by atoms with van der Waals surface area (Å²) in [5.41, 5.74) is 1.09. The number of anilines is 1.